The first kappa shape index (κ1) is 19.1. The third kappa shape index (κ3) is 4.27. The summed E-state index contributed by atoms with van der Waals surface area (Å²) in [5.41, 5.74) is 1.85. The van der Waals surface area contributed by atoms with E-state index in [1.165, 1.54) is 0 Å². The number of rotatable bonds is 7. The number of hydrogen-bond acceptors (Lipinski definition) is 5. The van der Waals surface area contributed by atoms with Crippen LogP contribution >= 0.6 is 0 Å². The largest absolute Gasteiger partial charge is 0.321 e. The summed E-state index contributed by atoms with van der Waals surface area (Å²) in [5.74, 6) is -0.614. The molecule has 0 atom stereocenters. The van der Waals surface area contributed by atoms with Gasteiger partial charge in [0.1, 0.15) is 12.4 Å². The fourth-order valence-corrected chi connectivity index (χ4v) is 2.94. The molecule has 0 radical (unpaired) electrons. The van der Waals surface area contributed by atoms with Gasteiger partial charge in [-0.1, -0.05) is 6.07 Å². The lowest BCUT2D eigenvalue weighted by Gasteiger charge is -2.09. The molecular formula is C20H20N8O2. The van der Waals surface area contributed by atoms with Crippen molar-refractivity contribution in [2.45, 2.75) is 20.1 Å². The van der Waals surface area contributed by atoms with Gasteiger partial charge in [-0.15, -0.1) is 0 Å². The number of nitrogens with zero attached hydrogens (tertiary/aromatic N) is 6. The summed E-state index contributed by atoms with van der Waals surface area (Å²) < 4.78 is 4.93. The van der Waals surface area contributed by atoms with Crippen LogP contribution in [-0.4, -0.2) is 41.2 Å². The molecule has 3 heterocycles. The van der Waals surface area contributed by atoms with Gasteiger partial charge in [0.25, 0.3) is 11.8 Å². The van der Waals surface area contributed by atoms with E-state index in [1.807, 2.05) is 19.2 Å². The van der Waals surface area contributed by atoms with Crippen LogP contribution in [0.1, 0.15) is 27.9 Å². The maximum absolute atomic E-state index is 12.5. The average molecular weight is 404 g/mol. The van der Waals surface area contributed by atoms with Crippen LogP contribution in [0.2, 0.25) is 0 Å². The van der Waals surface area contributed by atoms with Crippen LogP contribution in [0.5, 0.6) is 0 Å². The lowest BCUT2D eigenvalue weighted by Crippen LogP contribution is -2.18. The van der Waals surface area contributed by atoms with Crippen molar-refractivity contribution in [3.05, 3.63) is 78.6 Å². The third-order valence-electron chi connectivity index (χ3n) is 4.35. The Hall–Kier alpha value is -4.21. The molecule has 4 rings (SSSR count). The van der Waals surface area contributed by atoms with Crippen molar-refractivity contribution in [2.24, 2.45) is 0 Å². The highest BCUT2D eigenvalue weighted by Gasteiger charge is 2.13. The Morgan fingerprint density at radius 2 is 1.70 bits per heavy atom. The second kappa shape index (κ2) is 8.43. The summed E-state index contributed by atoms with van der Waals surface area (Å²) in [5, 5.41) is 18.1. The molecule has 10 nitrogen and oxygen atoms in total. The number of carbonyl (C=O) groups is 2. The Balaban J connectivity index is 1.41. The van der Waals surface area contributed by atoms with Gasteiger partial charge in [-0.2, -0.15) is 15.3 Å². The van der Waals surface area contributed by atoms with Gasteiger partial charge in [0.15, 0.2) is 5.69 Å². The molecule has 10 heteroatoms. The molecule has 0 fully saturated rings. The van der Waals surface area contributed by atoms with Crippen LogP contribution in [-0.2, 0) is 13.2 Å². The van der Waals surface area contributed by atoms with Crippen molar-refractivity contribution in [2.75, 3.05) is 10.6 Å². The summed E-state index contributed by atoms with van der Waals surface area (Å²) in [4.78, 5) is 25.0. The summed E-state index contributed by atoms with van der Waals surface area (Å²) in [6.45, 7) is 2.92. The molecule has 0 spiro atoms. The van der Waals surface area contributed by atoms with E-state index >= 15 is 0 Å². The van der Waals surface area contributed by atoms with Gasteiger partial charge >= 0.3 is 0 Å². The fraction of sp³-hybridized carbons (Fsp3) is 0.150. The topological polar surface area (TPSA) is 112 Å². The minimum atomic E-state index is -0.346. The number of hydrogen-bond donors (Lipinski definition) is 2. The molecule has 0 bridgehead atoms. The van der Waals surface area contributed by atoms with E-state index < -0.39 is 0 Å². The maximum atomic E-state index is 12.5. The van der Waals surface area contributed by atoms with E-state index in [0.29, 0.717) is 30.3 Å². The van der Waals surface area contributed by atoms with E-state index in [-0.39, 0.29) is 17.5 Å². The van der Waals surface area contributed by atoms with Gasteiger partial charge in [0, 0.05) is 42.7 Å². The predicted octanol–water partition coefficient (Wildman–Crippen LogP) is 2.31. The first-order chi connectivity index (χ1) is 14.6. The molecule has 4 aromatic rings. The predicted molar refractivity (Wildman–Crippen MR) is 110 cm³/mol. The fourth-order valence-electron chi connectivity index (χ4n) is 2.94. The van der Waals surface area contributed by atoms with E-state index in [2.05, 4.69) is 25.9 Å². The van der Waals surface area contributed by atoms with Gasteiger partial charge in [-0.25, -0.2) is 0 Å². The highest BCUT2D eigenvalue weighted by Crippen LogP contribution is 2.17. The lowest BCUT2D eigenvalue weighted by molar-refractivity contribution is 0.101. The highest BCUT2D eigenvalue weighted by molar-refractivity contribution is 6.05. The molecule has 2 N–H and O–H groups in total. The number of aromatic nitrogens is 6. The van der Waals surface area contributed by atoms with Crippen LogP contribution in [0, 0.1) is 0 Å². The summed E-state index contributed by atoms with van der Waals surface area (Å²) in [6, 6.07) is 12.0. The molecule has 0 aliphatic carbocycles. The summed E-state index contributed by atoms with van der Waals surface area (Å²) in [7, 11) is 0. The van der Waals surface area contributed by atoms with Crippen LogP contribution in [0.3, 0.4) is 0 Å². The van der Waals surface area contributed by atoms with E-state index in [4.69, 9.17) is 0 Å². The van der Waals surface area contributed by atoms with Crippen molar-refractivity contribution >= 4 is 23.2 Å². The molecule has 0 saturated carbocycles. The van der Waals surface area contributed by atoms with Gasteiger partial charge in [-0.3, -0.25) is 23.6 Å². The molecule has 0 aliphatic rings. The highest BCUT2D eigenvalue weighted by atomic mass is 16.2. The van der Waals surface area contributed by atoms with E-state index in [1.54, 1.807) is 69.0 Å². The van der Waals surface area contributed by atoms with Crippen LogP contribution in [0.15, 0.2) is 67.3 Å². The van der Waals surface area contributed by atoms with Crippen LogP contribution in [0.25, 0.3) is 0 Å². The molecule has 0 aliphatic heterocycles. The van der Waals surface area contributed by atoms with Gasteiger partial charge in [-0.05, 0) is 43.3 Å². The first-order valence-corrected chi connectivity index (χ1v) is 9.38. The minimum Gasteiger partial charge on any atom is -0.321 e. The third-order valence-corrected chi connectivity index (χ3v) is 4.35. The molecule has 152 valence electrons. The van der Waals surface area contributed by atoms with Gasteiger partial charge < -0.3 is 10.6 Å². The Kier molecular flexibility index (Phi) is 5.37. The molecule has 0 unspecified atom stereocenters. The van der Waals surface area contributed by atoms with Crippen molar-refractivity contribution < 1.29 is 9.59 Å². The van der Waals surface area contributed by atoms with Crippen LogP contribution in [0.4, 0.5) is 11.4 Å². The molecular weight excluding hydrogens is 384 g/mol. The number of aryl methyl sites for hydroxylation is 1. The zero-order valence-corrected chi connectivity index (χ0v) is 16.3. The second-order valence-corrected chi connectivity index (χ2v) is 6.45. The van der Waals surface area contributed by atoms with E-state index in [9.17, 15) is 9.59 Å². The number of benzene rings is 1. The number of amides is 2. The molecule has 1 aromatic carbocycles. The van der Waals surface area contributed by atoms with E-state index in [0.717, 1.165) is 0 Å². The van der Waals surface area contributed by atoms with Crippen molar-refractivity contribution in [1.82, 2.24) is 29.3 Å². The first-order valence-electron chi connectivity index (χ1n) is 9.38. The Labute approximate surface area is 172 Å². The number of anilines is 2. The zero-order valence-electron chi connectivity index (χ0n) is 16.3. The maximum Gasteiger partial charge on any atom is 0.276 e. The minimum absolute atomic E-state index is 0.268. The Morgan fingerprint density at radius 1 is 0.900 bits per heavy atom. The monoisotopic (exact) mass is 404 g/mol. The molecule has 3 aromatic heterocycles. The summed E-state index contributed by atoms with van der Waals surface area (Å²) >= 11 is 0. The number of carbonyl (C=O) groups excluding carboxylic acids is 2. The van der Waals surface area contributed by atoms with Crippen molar-refractivity contribution in [1.29, 1.82) is 0 Å². The quantitative estimate of drug-likeness (QED) is 0.491. The Morgan fingerprint density at radius 3 is 2.43 bits per heavy atom. The lowest BCUT2D eigenvalue weighted by atomic mass is 10.2. The van der Waals surface area contributed by atoms with Gasteiger partial charge in [0.2, 0.25) is 0 Å². The zero-order chi connectivity index (χ0) is 20.9. The standard InChI is InChI=1S/C20H20N8O2/c1-2-28-18(7-10-22-28)20(30)24-16-6-3-5-15(13-16)23-19(29)17-8-12-27(25-17)14-26-11-4-9-21-26/h3-13H,2,14H2,1H3,(H,23,29)(H,24,30). The van der Waals surface area contributed by atoms with Crippen LogP contribution < -0.4 is 10.6 Å². The normalized spacial score (nSPS) is 10.7. The van der Waals surface area contributed by atoms with Crippen molar-refractivity contribution in [3.63, 3.8) is 0 Å². The smallest absolute Gasteiger partial charge is 0.276 e. The molecule has 2 amide bonds. The SMILES string of the molecule is CCn1nccc1C(=O)Nc1cccc(NC(=O)c2ccn(Cn3cccn3)n2)c1. The summed E-state index contributed by atoms with van der Waals surface area (Å²) in [6.07, 6.45) is 6.79. The van der Waals surface area contributed by atoms with Crippen molar-refractivity contribution in [3.8, 4) is 0 Å². The van der Waals surface area contributed by atoms with Gasteiger partial charge in [0.05, 0.1) is 0 Å². The molecule has 30 heavy (non-hydrogen) atoms. The second-order valence-electron chi connectivity index (χ2n) is 6.45. The number of nitrogens with one attached hydrogen (secondary N) is 2. The molecule has 0 saturated heterocycles. The average Bonchev–Trinajstić information content (AvgIpc) is 3.50. The Bertz CT molecular complexity index is 1160.